The van der Waals surface area contributed by atoms with Gasteiger partial charge in [0.25, 0.3) is 8.32 Å². The van der Waals surface area contributed by atoms with Gasteiger partial charge in [0.15, 0.2) is 6.29 Å². The van der Waals surface area contributed by atoms with Crippen molar-refractivity contribution in [3.8, 4) is 11.5 Å². The summed E-state index contributed by atoms with van der Waals surface area (Å²) in [7, 11) is -1.98. The van der Waals surface area contributed by atoms with Gasteiger partial charge in [-0.1, -0.05) is 27.7 Å². The molecule has 0 bridgehead atoms. The number of phenolic OH excluding ortho intramolecular Hbond substituents is 1. The van der Waals surface area contributed by atoms with Gasteiger partial charge in [-0.15, -0.1) is 0 Å². The highest BCUT2D eigenvalue weighted by Gasteiger charge is 2.44. The third-order valence-corrected chi connectivity index (χ3v) is 8.92. The van der Waals surface area contributed by atoms with Crippen LogP contribution in [0.3, 0.4) is 0 Å². The van der Waals surface area contributed by atoms with Crippen LogP contribution in [0, 0.1) is 5.92 Å². The molecule has 0 aliphatic rings. The van der Waals surface area contributed by atoms with Gasteiger partial charge in [-0.3, -0.25) is 4.79 Å². The van der Waals surface area contributed by atoms with Crippen molar-refractivity contribution in [2.45, 2.75) is 45.8 Å². The molecular formula is C15H24O3Si. The topological polar surface area (TPSA) is 46.5 Å². The van der Waals surface area contributed by atoms with E-state index in [2.05, 4.69) is 40.8 Å². The van der Waals surface area contributed by atoms with Crippen LogP contribution >= 0.6 is 0 Å². The molecule has 4 heteroatoms. The van der Waals surface area contributed by atoms with Crippen LogP contribution in [0.5, 0.6) is 11.5 Å². The predicted molar refractivity (Wildman–Crippen MR) is 80.5 cm³/mol. The fourth-order valence-electron chi connectivity index (χ4n) is 1.81. The molecule has 3 nitrogen and oxygen atoms in total. The fourth-order valence-corrected chi connectivity index (χ4v) is 4.18. The number of hydrogen-bond donors (Lipinski definition) is 1. The molecule has 0 saturated carbocycles. The number of rotatable bonds is 5. The van der Waals surface area contributed by atoms with Gasteiger partial charge >= 0.3 is 0 Å². The van der Waals surface area contributed by atoms with Gasteiger partial charge in [-0.2, -0.15) is 0 Å². The summed E-state index contributed by atoms with van der Waals surface area (Å²) in [6, 6.07) is 4.86. The molecule has 0 heterocycles. The van der Waals surface area contributed by atoms with E-state index in [1.807, 2.05) is 0 Å². The molecule has 19 heavy (non-hydrogen) atoms. The second-order valence-corrected chi connectivity index (χ2v) is 10.8. The van der Waals surface area contributed by atoms with E-state index in [0.717, 1.165) is 0 Å². The minimum absolute atomic E-state index is 0.0281. The van der Waals surface area contributed by atoms with Crippen molar-refractivity contribution >= 4 is 14.6 Å². The van der Waals surface area contributed by atoms with Crippen molar-refractivity contribution in [3.63, 3.8) is 0 Å². The van der Waals surface area contributed by atoms with E-state index in [1.54, 1.807) is 12.1 Å². The molecule has 0 amide bonds. The summed E-state index contributed by atoms with van der Waals surface area (Å²) in [6.45, 7) is 13.2. The summed E-state index contributed by atoms with van der Waals surface area (Å²) in [6.07, 6.45) is 0.639. The number of carbonyl (C=O) groups excluding carboxylic acids is 1. The molecule has 0 saturated heterocycles. The highest BCUT2D eigenvalue weighted by Crippen LogP contribution is 2.45. The van der Waals surface area contributed by atoms with Crippen LogP contribution in [0.2, 0.25) is 18.1 Å². The van der Waals surface area contributed by atoms with Gasteiger partial charge in [-0.25, -0.2) is 0 Å². The number of hydrogen-bond acceptors (Lipinski definition) is 3. The van der Waals surface area contributed by atoms with Gasteiger partial charge < -0.3 is 9.53 Å². The van der Waals surface area contributed by atoms with E-state index < -0.39 is 8.32 Å². The molecule has 0 radical (unpaired) electrons. The molecule has 1 N–H and O–H groups in total. The van der Waals surface area contributed by atoms with Crippen molar-refractivity contribution in [3.05, 3.63) is 23.8 Å². The third kappa shape index (κ3) is 3.18. The van der Waals surface area contributed by atoms with E-state index in [-0.39, 0.29) is 16.4 Å². The predicted octanol–water partition coefficient (Wildman–Crippen LogP) is 4.22. The van der Waals surface area contributed by atoms with Crippen LogP contribution in [0.15, 0.2) is 18.2 Å². The largest absolute Gasteiger partial charge is 0.543 e. The summed E-state index contributed by atoms with van der Waals surface area (Å²) in [5.74, 6) is 1.12. The lowest BCUT2D eigenvalue weighted by Gasteiger charge is -2.42. The fraction of sp³-hybridized carbons (Fsp3) is 0.533. The van der Waals surface area contributed by atoms with Gasteiger partial charge in [0.1, 0.15) is 11.5 Å². The van der Waals surface area contributed by atoms with Crippen LogP contribution in [0.25, 0.3) is 0 Å². The Kier molecular flexibility index (Phi) is 4.45. The van der Waals surface area contributed by atoms with Gasteiger partial charge in [0.05, 0.1) is 5.56 Å². The molecule has 0 spiro atoms. The van der Waals surface area contributed by atoms with E-state index in [4.69, 9.17) is 4.43 Å². The summed E-state index contributed by atoms with van der Waals surface area (Å²) < 4.78 is 6.17. The first-order valence-corrected chi connectivity index (χ1v) is 9.50. The van der Waals surface area contributed by atoms with Crippen molar-refractivity contribution in [2.75, 3.05) is 0 Å². The SMILES string of the molecule is CC(C)C(C)(C)[Si](C)(C)Oc1ccc(C=O)c(O)c1. The second kappa shape index (κ2) is 5.37. The first-order valence-electron chi connectivity index (χ1n) is 6.59. The number of aldehydes is 1. The maximum absolute atomic E-state index is 10.7. The lowest BCUT2D eigenvalue weighted by atomic mass is 9.99. The Morgan fingerprint density at radius 3 is 2.32 bits per heavy atom. The van der Waals surface area contributed by atoms with Crippen LogP contribution in [0.1, 0.15) is 38.1 Å². The highest BCUT2D eigenvalue weighted by molar-refractivity contribution is 6.74. The first-order chi connectivity index (χ1) is 8.61. The summed E-state index contributed by atoms with van der Waals surface area (Å²) in [5, 5.41) is 9.81. The van der Waals surface area contributed by atoms with Gasteiger partial charge in [0, 0.05) is 6.07 Å². The van der Waals surface area contributed by atoms with E-state index in [1.165, 1.54) is 6.07 Å². The zero-order chi connectivity index (χ0) is 14.8. The maximum atomic E-state index is 10.7. The van der Waals surface area contributed by atoms with E-state index in [9.17, 15) is 9.90 Å². The summed E-state index contributed by atoms with van der Waals surface area (Å²) in [5.41, 5.74) is 0.287. The molecule has 106 valence electrons. The third-order valence-electron chi connectivity index (χ3n) is 4.50. The highest BCUT2D eigenvalue weighted by atomic mass is 28.4. The van der Waals surface area contributed by atoms with Crippen molar-refractivity contribution < 1.29 is 14.3 Å². The first kappa shape index (κ1) is 15.8. The molecular weight excluding hydrogens is 256 g/mol. The molecule has 0 aromatic heterocycles. The standard InChI is InChI=1S/C15H24O3Si/c1-11(2)15(3,4)19(5,6)18-13-8-7-12(10-16)14(17)9-13/h7-11,17H,1-6H3. The molecule has 0 aliphatic heterocycles. The Balaban J connectivity index is 3.01. The number of carbonyl (C=O) groups is 1. The van der Waals surface area contributed by atoms with E-state index >= 15 is 0 Å². The Labute approximate surface area is 116 Å². The number of benzene rings is 1. The Morgan fingerprint density at radius 1 is 1.32 bits per heavy atom. The average molecular weight is 280 g/mol. The van der Waals surface area contributed by atoms with Crippen LogP contribution < -0.4 is 4.43 Å². The summed E-state index contributed by atoms with van der Waals surface area (Å²) in [4.78, 5) is 10.7. The molecule has 0 fully saturated rings. The van der Waals surface area contributed by atoms with Crippen LogP contribution in [-0.4, -0.2) is 19.7 Å². The van der Waals surface area contributed by atoms with Crippen LogP contribution in [-0.2, 0) is 0 Å². The maximum Gasteiger partial charge on any atom is 0.251 e. The molecule has 0 atom stereocenters. The van der Waals surface area contributed by atoms with Crippen molar-refractivity contribution in [1.29, 1.82) is 0 Å². The normalized spacial score (nSPS) is 12.6. The minimum Gasteiger partial charge on any atom is -0.543 e. The number of phenols is 1. The molecule has 1 rings (SSSR count). The van der Waals surface area contributed by atoms with Gasteiger partial charge in [0.2, 0.25) is 0 Å². The smallest absolute Gasteiger partial charge is 0.251 e. The molecule has 0 unspecified atom stereocenters. The quantitative estimate of drug-likeness (QED) is 0.648. The second-order valence-electron chi connectivity index (χ2n) is 6.33. The lowest BCUT2D eigenvalue weighted by Crippen LogP contribution is -2.47. The Bertz CT molecular complexity index is 464. The lowest BCUT2D eigenvalue weighted by molar-refractivity contribution is 0.112. The molecule has 0 aliphatic carbocycles. The Morgan fingerprint density at radius 2 is 1.89 bits per heavy atom. The molecule has 1 aromatic carbocycles. The average Bonchev–Trinajstić information content (AvgIpc) is 2.28. The van der Waals surface area contributed by atoms with E-state index in [0.29, 0.717) is 18.0 Å². The zero-order valence-electron chi connectivity index (χ0n) is 12.7. The number of aromatic hydroxyl groups is 1. The van der Waals surface area contributed by atoms with Crippen LogP contribution in [0.4, 0.5) is 0 Å². The van der Waals surface area contributed by atoms with Crippen molar-refractivity contribution in [1.82, 2.24) is 0 Å². The Hall–Kier alpha value is -1.29. The minimum atomic E-state index is -1.98. The summed E-state index contributed by atoms with van der Waals surface area (Å²) >= 11 is 0. The zero-order valence-corrected chi connectivity index (χ0v) is 13.7. The van der Waals surface area contributed by atoms with Gasteiger partial charge in [-0.05, 0) is 36.2 Å². The van der Waals surface area contributed by atoms with Crippen molar-refractivity contribution in [2.24, 2.45) is 5.92 Å². The monoisotopic (exact) mass is 280 g/mol. The molecule has 1 aromatic rings.